The van der Waals surface area contributed by atoms with E-state index in [1.54, 1.807) is 0 Å². The summed E-state index contributed by atoms with van der Waals surface area (Å²) in [5.41, 5.74) is 5.07. The number of amides is 2. The molecule has 4 rings (SSSR count). The van der Waals surface area contributed by atoms with Gasteiger partial charge in [-0.3, -0.25) is 4.90 Å². The van der Waals surface area contributed by atoms with Crippen molar-refractivity contribution >= 4 is 23.6 Å². The van der Waals surface area contributed by atoms with E-state index in [0.717, 1.165) is 48.2 Å². The second kappa shape index (κ2) is 12.4. The van der Waals surface area contributed by atoms with E-state index in [4.69, 9.17) is 24.6 Å². The Labute approximate surface area is 219 Å². The van der Waals surface area contributed by atoms with Crippen molar-refractivity contribution < 1.29 is 32.6 Å². The van der Waals surface area contributed by atoms with Crippen molar-refractivity contribution in [2.75, 3.05) is 36.5 Å². The molecule has 10 nitrogen and oxygen atoms in total. The number of halogens is 3. The van der Waals surface area contributed by atoms with Gasteiger partial charge in [-0.15, -0.1) is 0 Å². The lowest BCUT2D eigenvalue weighted by Gasteiger charge is -2.33. The van der Waals surface area contributed by atoms with Crippen LogP contribution in [0.1, 0.15) is 39.0 Å². The zero-order valence-electron chi connectivity index (χ0n) is 21.8. The van der Waals surface area contributed by atoms with Crippen molar-refractivity contribution in [3.8, 4) is 11.3 Å². The third-order valence-electron chi connectivity index (χ3n) is 6.15. The normalized spacial score (nSPS) is 17.5. The zero-order chi connectivity index (χ0) is 28.0. The largest absolute Gasteiger partial charge is 0.490 e. The number of urea groups is 1. The van der Waals surface area contributed by atoms with Gasteiger partial charge in [-0.1, -0.05) is 12.1 Å². The van der Waals surface area contributed by atoms with E-state index in [1.165, 1.54) is 5.56 Å². The molecule has 3 N–H and O–H groups in total. The Morgan fingerprint density at radius 3 is 2.39 bits per heavy atom. The SMILES string of the molecule is CCNC(=O)Nc1ccc(-c2nc(N3CCOCC3C)nc3c2CN(C(C)C)C3)cc1.O=C(O)C(F)(F)F. The number of anilines is 2. The van der Waals surface area contributed by atoms with Gasteiger partial charge in [0.15, 0.2) is 0 Å². The van der Waals surface area contributed by atoms with E-state index in [0.29, 0.717) is 25.8 Å². The number of hydrogen-bond donors (Lipinski definition) is 3. The van der Waals surface area contributed by atoms with Crippen molar-refractivity contribution in [3.05, 3.63) is 35.5 Å². The van der Waals surface area contributed by atoms with Crippen molar-refractivity contribution in [2.45, 2.75) is 59.0 Å². The molecule has 0 bridgehead atoms. The number of aromatic nitrogens is 2. The lowest BCUT2D eigenvalue weighted by molar-refractivity contribution is -0.192. The Kier molecular flexibility index (Phi) is 9.50. The maximum atomic E-state index is 11.8. The number of morpholine rings is 1. The summed E-state index contributed by atoms with van der Waals surface area (Å²) in [5.74, 6) is -1.98. The van der Waals surface area contributed by atoms with Crippen LogP contribution in [0.3, 0.4) is 0 Å². The number of nitrogens with one attached hydrogen (secondary N) is 2. The fraction of sp³-hybridized carbons (Fsp3) is 0.520. The van der Waals surface area contributed by atoms with E-state index in [2.05, 4.69) is 41.2 Å². The summed E-state index contributed by atoms with van der Waals surface area (Å²) >= 11 is 0. The first-order valence-corrected chi connectivity index (χ1v) is 12.3. The zero-order valence-corrected chi connectivity index (χ0v) is 21.8. The highest BCUT2D eigenvalue weighted by atomic mass is 19.4. The summed E-state index contributed by atoms with van der Waals surface area (Å²) in [5, 5.41) is 12.7. The number of fused-ring (bicyclic) bond motifs is 1. The Bertz CT molecular complexity index is 1130. The lowest BCUT2D eigenvalue weighted by Crippen LogP contribution is -2.44. The molecule has 0 saturated carbocycles. The van der Waals surface area contributed by atoms with Gasteiger partial charge in [0.25, 0.3) is 0 Å². The minimum atomic E-state index is -5.08. The van der Waals surface area contributed by atoms with Crippen LogP contribution in [-0.4, -0.2) is 76.5 Å². The molecule has 1 fully saturated rings. The van der Waals surface area contributed by atoms with E-state index >= 15 is 0 Å². The number of carboxylic acids is 1. The van der Waals surface area contributed by atoms with Gasteiger partial charge in [0.1, 0.15) is 0 Å². The molecule has 13 heteroatoms. The molecule has 2 aliphatic heterocycles. The molecular formula is C25H33F3N6O4. The van der Waals surface area contributed by atoms with Crippen LogP contribution >= 0.6 is 0 Å². The molecule has 0 aliphatic carbocycles. The molecule has 3 heterocycles. The third kappa shape index (κ3) is 7.32. The predicted octanol–water partition coefficient (Wildman–Crippen LogP) is 3.87. The Morgan fingerprint density at radius 2 is 1.84 bits per heavy atom. The van der Waals surface area contributed by atoms with Gasteiger partial charge in [-0.05, 0) is 39.8 Å². The number of alkyl halides is 3. The van der Waals surface area contributed by atoms with Crippen molar-refractivity contribution in [3.63, 3.8) is 0 Å². The van der Waals surface area contributed by atoms with E-state index < -0.39 is 12.1 Å². The van der Waals surface area contributed by atoms with Gasteiger partial charge >= 0.3 is 18.2 Å². The van der Waals surface area contributed by atoms with Crippen LogP contribution < -0.4 is 15.5 Å². The number of carbonyl (C=O) groups excluding carboxylic acids is 1. The topological polar surface area (TPSA) is 120 Å². The second-order valence-corrected chi connectivity index (χ2v) is 9.28. The standard InChI is InChI=1S/C23H32N6O2.C2HF3O2/c1-5-24-23(30)25-18-8-6-17(7-9-18)21-19-12-28(15(2)3)13-20(19)26-22(27-21)29-10-11-31-14-16(29)4;3-2(4,5)1(6)7/h6-9,15-16H,5,10-14H2,1-4H3,(H2,24,25,30);(H,6,7). The van der Waals surface area contributed by atoms with Gasteiger partial charge in [0.2, 0.25) is 5.95 Å². The molecule has 208 valence electrons. The molecule has 0 spiro atoms. The molecule has 38 heavy (non-hydrogen) atoms. The fourth-order valence-electron chi connectivity index (χ4n) is 4.07. The number of carboxylic acid groups (broad SMARTS) is 1. The van der Waals surface area contributed by atoms with Crippen LogP contribution in [0.25, 0.3) is 11.3 Å². The fourth-order valence-corrected chi connectivity index (χ4v) is 4.07. The Hall–Kier alpha value is -3.45. The van der Waals surface area contributed by atoms with Crippen LogP contribution in [0.5, 0.6) is 0 Å². The molecule has 1 atom stereocenters. The molecule has 1 unspecified atom stereocenters. The molecule has 2 aliphatic rings. The summed E-state index contributed by atoms with van der Waals surface area (Å²) in [4.78, 5) is 35.4. The van der Waals surface area contributed by atoms with E-state index in [-0.39, 0.29) is 12.1 Å². The van der Waals surface area contributed by atoms with Crippen LogP contribution in [-0.2, 0) is 22.6 Å². The number of aliphatic carboxylic acids is 1. The van der Waals surface area contributed by atoms with Crippen molar-refractivity contribution in [2.24, 2.45) is 0 Å². The van der Waals surface area contributed by atoms with Gasteiger partial charge in [0, 0.05) is 49.0 Å². The third-order valence-corrected chi connectivity index (χ3v) is 6.15. The Balaban J connectivity index is 0.000000505. The number of hydrogen-bond acceptors (Lipinski definition) is 7. The van der Waals surface area contributed by atoms with Crippen LogP contribution in [0, 0.1) is 0 Å². The molecule has 1 saturated heterocycles. The summed E-state index contributed by atoms with van der Waals surface area (Å²) in [6.45, 7) is 12.9. The maximum Gasteiger partial charge on any atom is 0.490 e. The molecule has 2 aromatic rings. The highest BCUT2D eigenvalue weighted by molar-refractivity contribution is 5.89. The number of carbonyl (C=O) groups is 2. The van der Waals surface area contributed by atoms with Gasteiger partial charge in [-0.25, -0.2) is 19.6 Å². The van der Waals surface area contributed by atoms with Gasteiger partial charge < -0.3 is 25.4 Å². The van der Waals surface area contributed by atoms with Crippen LogP contribution in [0.4, 0.5) is 29.6 Å². The highest BCUT2D eigenvalue weighted by Crippen LogP contribution is 2.34. The number of nitrogens with zero attached hydrogens (tertiary/aromatic N) is 4. The number of rotatable bonds is 5. The monoisotopic (exact) mass is 538 g/mol. The first kappa shape index (κ1) is 29.1. The molecule has 2 amide bonds. The minimum absolute atomic E-state index is 0.200. The summed E-state index contributed by atoms with van der Waals surface area (Å²) in [6.07, 6.45) is -5.08. The summed E-state index contributed by atoms with van der Waals surface area (Å²) in [7, 11) is 0. The smallest absolute Gasteiger partial charge is 0.475 e. The predicted molar refractivity (Wildman–Crippen MR) is 136 cm³/mol. The number of benzene rings is 1. The molecule has 1 aromatic carbocycles. The minimum Gasteiger partial charge on any atom is -0.475 e. The van der Waals surface area contributed by atoms with Gasteiger partial charge in [0.05, 0.1) is 30.6 Å². The summed E-state index contributed by atoms with van der Waals surface area (Å²) < 4.78 is 37.3. The van der Waals surface area contributed by atoms with Crippen molar-refractivity contribution in [1.82, 2.24) is 20.2 Å². The van der Waals surface area contributed by atoms with Crippen molar-refractivity contribution in [1.29, 1.82) is 0 Å². The number of ether oxygens (including phenoxy) is 1. The summed E-state index contributed by atoms with van der Waals surface area (Å²) in [6, 6.07) is 8.37. The highest BCUT2D eigenvalue weighted by Gasteiger charge is 2.38. The first-order chi connectivity index (χ1) is 17.9. The van der Waals surface area contributed by atoms with Crippen LogP contribution in [0.2, 0.25) is 0 Å². The molecular weight excluding hydrogens is 505 g/mol. The lowest BCUT2D eigenvalue weighted by atomic mass is 10.1. The molecule has 1 aromatic heterocycles. The maximum absolute atomic E-state index is 11.8. The van der Waals surface area contributed by atoms with E-state index in [9.17, 15) is 18.0 Å². The first-order valence-electron chi connectivity index (χ1n) is 12.3. The van der Waals surface area contributed by atoms with E-state index in [1.807, 2.05) is 31.2 Å². The quantitative estimate of drug-likeness (QED) is 0.525. The van der Waals surface area contributed by atoms with Crippen LogP contribution in [0.15, 0.2) is 24.3 Å². The molecule has 0 radical (unpaired) electrons. The Morgan fingerprint density at radius 1 is 1.18 bits per heavy atom. The van der Waals surface area contributed by atoms with Gasteiger partial charge in [-0.2, -0.15) is 13.2 Å². The second-order valence-electron chi connectivity index (χ2n) is 9.28. The average molecular weight is 539 g/mol. The average Bonchev–Trinajstić information content (AvgIpc) is 3.29.